The number of para-hydroxylation sites is 1. The topological polar surface area (TPSA) is 55.6 Å². The van der Waals surface area contributed by atoms with Crippen molar-refractivity contribution in [1.82, 2.24) is 19.5 Å². The van der Waals surface area contributed by atoms with E-state index < -0.39 is 0 Å². The van der Waals surface area contributed by atoms with Crippen LogP contribution in [0.15, 0.2) is 91.0 Å². The minimum Gasteiger partial charge on any atom is -0.341 e. The molecule has 3 aromatic carbocycles. The molecule has 1 N–H and O–H groups in total. The van der Waals surface area contributed by atoms with Crippen LogP contribution >= 0.6 is 0 Å². The van der Waals surface area contributed by atoms with Gasteiger partial charge < -0.3 is 9.88 Å². The lowest BCUT2D eigenvalue weighted by atomic mass is 9.76. The molecular weight excluding hydrogens is 418 g/mol. The maximum atomic E-state index is 4.93. The summed E-state index contributed by atoms with van der Waals surface area (Å²) < 4.78 is 2.16. The summed E-state index contributed by atoms with van der Waals surface area (Å²) in [6.45, 7) is 4.54. The zero-order valence-corrected chi connectivity index (χ0v) is 19.4. The van der Waals surface area contributed by atoms with Crippen molar-refractivity contribution in [3.8, 4) is 34.3 Å². The summed E-state index contributed by atoms with van der Waals surface area (Å²) in [5.74, 6) is 3.06. The van der Waals surface area contributed by atoms with Crippen LogP contribution in [0.25, 0.3) is 34.3 Å². The third-order valence-corrected chi connectivity index (χ3v) is 6.69. The Hall–Kier alpha value is -4.25. The van der Waals surface area contributed by atoms with E-state index in [0.717, 1.165) is 28.3 Å². The van der Waals surface area contributed by atoms with Gasteiger partial charge in [-0.25, -0.2) is 15.0 Å². The number of anilines is 2. The van der Waals surface area contributed by atoms with Crippen molar-refractivity contribution >= 4 is 11.5 Å². The number of hydrogen-bond donors (Lipinski definition) is 1. The summed E-state index contributed by atoms with van der Waals surface area (Å²) in [7, 11) is 2.07. The van der Waals surface area contributed by atoms with Crippen LogP contribution < -0.4 is 5.32 Å². The Bertz CT molecular complexity index is 1440. The highest BCUT2D eigenvalue weighted by molar-refractivity contribution is 5.78. The predicted octanol–water partition coefficient (Wildman–Crippen LogP) is 6.59. The van der Waals surface area contributed by atoms with Crippen molar-refractivity contribution in [2.75, 3.05) is 5.32 Å². The molecule has 0 bridgehead atoms. The highest BCUT2D eigenvalue weighted by Crippen LogP contribution is 2.47. The van der Waals surface area contributed by atoms with E-state index in [2.05, 4.69) is 61.1 Å². The van der Waals surface area contributed by atoms with E-state index in [9.17, 15) is 0 Å². The number of hydrogen-bond acceptors (Lipinski definition) is 4. The number of fused-ring (bicyclic) bond motifs is 2. The lowest BCUT2D eigenvalue weighted by molar-refractivity contribution is 0.636. The van der Waals surface area contributed by atoms with Crippen LogP contribution in [0.5, 0.6) is 0 Å². The van der Waals surface area contributed by atoms with Gasteiger partial charge in [0.1, 0.15) is 5.82 Å². The van der Waals surface area contributed by atoms with Crippen LogP contribution in [0.3, 0.4) is 0 Å². The molecule has 0 aliphatic carbocycles. The van der Waals surface area contributed by atoms with Gasteiger partial charge in [0.2, 0.25) is 0 Å². The van der Waals surface area contributed by atoms with Crippen molar-refractivity contribution in [3.63, 3.8) is 0 Å². The van der Waals surface area contributed by atoms with E-state index >= 15 is 0 Å². The number of nitrogens with one attached hydrogen (secondary N) is 1. The van der Waals surface area contributed by atoms with Gasteiger partial charge in [0, 0.05) is 34.8 Å². The first-order valence-corrected chi connectivity index (χ1v) is 11.5. The Labute approximate surface area is 199 Å². The summed E-state index contributed by atoms with van der Waals surface area (Å²) in [5.41, 5.74) is 6.39. The van der Waals surface area contributed by atoms with Crippen LogP contribution in [-0.4, -0.2) is 19.5 Å². The Morgan fingerprint density at radius 3 is 1.79 bits per heavy atom. The normalized spacial score (nSPS) is 13.6. The molecule has 0 radical (unpaired) electrons. The molecule has 3 heterocycles. The van der Waals surface area contributed by atoms with Crippen LogP contribution in [0, 0.1) is 0 Å². The second kappa shape index (κ2) is 7.66. The fraction of sp³-hybridized carbons (Fsp3) is 0.138. The molecular formula is C29H25N5. The van der Waals surface area contributed by atoms with Crippen molar-refractivity contribution < 1.29 is 0 Å². The van der Waals surface area contributed by atoms with E-state index in [-0.39, 0.29) is 5.41 Å². The summed E-state index contributed by atoms with van der Waals surface area (Å²) in [5, 5.41) is 3.64. The average molecular weight is 444 g/mol. The molecule has 0 unspecified atom stereocenters. The zero-order valence-electron chi connectivity index (χ0n) is 19.4. The molecule has 34 heavy (non-hydrogen) atoms. The third kappa shape index (κ3) is 3.20. The second-order valence-corrected chi connectivity index (χ2v) is 9.18. The largest absolute Gasteiger partial charge is 0.341 e. The van der Waals surface area contributed by atoms with E-state index in [1.165, 1.54) is 11.1 Å². The standard InChI is InChI=1S/C29H25N5/c1-29(2)21-16-10-11-17-23(21)30-28-22(29)18-24(34(28)3)27-32-25(19-12-6-4-7-13-19)31-26(33-27)20-14-8-5-9-15-20/h4-18,30H,1-3H3. The molecule has 0 fully saturated rings. The lowest BCUT2D eigenvalue weighted by Crippen LogP contribution is -2.25. The summed E-state index contributed by atoms with van der Waals surface area (Å²) in [6.07, 6.45) is 0. The lowest BCUT2D eigenvalue weighted by Gasteiger charge is -2.33. The van der Waals surface area contributed by atoms with E-state index in [1.54, 1.807) is 0 Å². The van der Waals surface area contributed by atoms with Gasteiger partial charge in [-0.3, -0.25) is 0 Å². The maximum absolute atomic E-state index is 4.93. The minimum atomic E-state index is -0.148. The van der Waals surface area contributed by atoms with Crippen LogP contribution in [-0.2, 0) is 12.5 Å². The first-order valence-electron chi connectivity index (χ1n) is 11.5. The Kier molecular flexibility index (Phi) is 4.59. The van der Waals surface area contributed by atoms with Gasteiger partial charge in [-0.05, 0) is 17.7 Å². The molecule has 5 aromatic rings. The van der Waals surface area contributed by atoms with Crippen LogP contribution in [0.4, 0.5) is 11.5 Å². The van der Waals surface area contributed by atoms with Crippen molar-refractivity contribution in [1.29, 1.82) is 0 Å². The third-order valence-electron chi connectivity index (χ3n) is 6.69. The van der Waals surface area contributed by atoms with E-state index in [0.29, 0.717) is 17.5 Å². The second-order valence-electron chi connectivity index (χ2n) is 9.18. The Morgan fingerprint density at radius 1 is 0.647 bits per heavy atom. The highest BCUT2D eigenvalue weighted by atomic mass is 15.1. The molecule has 0 amide bonds. The molecule has 166 valence electrons. The zero-order chi connectivity index (χ0) is 23.3. The van der Waals surface area contributed by atoms with Gasteiger partial charge in [0.15, 0.2) is 17.5 Å². The van der Waals surface area contributed by atoms with Gasteiger partial charge in [-0.2, -0.15) is 0 Å². The fourth-order valence-electron chi connectivity index (χ4n) is 4.78. The molecule has 0 saturated carbocycles. The van der Waals surface area contributed by atoms with Gasteiger partial charge >= 0.3 is 0 Å². The Morgan fingerprint density at radius 2 is 1.18 bits per heavy atom. The quantitative estimate of drug-likeness (QED) is 0.342. The Balaban J connectivity index is 1.56. The van der Waals surface area contributed by atoms with Gasteiger partial charge in [-0.1, -0.05) is 92.7 Å². The summed E-state index contributed by atoms with van der Waals surface area (Å²) >= 11 is 0. The molecule has 5 heteroatoms. The van der Waals surface area contributed by atoms with Crippen molar-refractivity contribution in [2.45, 2.75) is 19.3 Å². The molecule has 0 spiro atoms. The SMILES string of the molecule is Cn1c(-c2nc(-c3ccccc3)nc(-c3ccccc3)n2)cc2c1Nc1ccccc1C2(C)C. The number of nitrogens with zero attached hydrogens (tertiary/aromatic N) is 4. The molecule has 0 saturated heterocycles. The predicted molar refractivity (Wildman–Crippen MR) is 137 cm³/mol. The summed E-state index contributed by atoms with van der Waals surface area (Å²) in [6, 6.07) is 30.9. The average Bonchev–Trinajstić information content (AvgIpc) is 3.22. The molecule has 2 aromatic heterocycles. The van der Waals surface area contributed by atoms with E-state index in [1.807, 2.05) is 60.7 Å². The first-order chi connectivity index (χ1) is 16.5. The highest BCUT2D eigenvalue weighted by Gasteiger charge is 2.35. The molecule has 0 atom stereocenters. The van der Waals surface area contributed by atoms with E-state index in [4.69, 9.17) is 15.0 Å². The van der Waals surface area contributed by atoms with Crippen molar-refractivity contribution in [2.24, 2.45) is 7.05 Å². The molecule has 1 aliphatic heterocycles. The van der Waals surface area contributed by atoms with Gasteiger partial charge in [-0.15, -0.1) is 0 Å². The van der Waals surface area contributed by atoms with Gasteiger partial charge in [0.25, 0.3) is 0 Å². The van der Waals surface area contributed by atoms with Crippen molar-refractivity contribution in [3.05, 3.63) is 102 Å². The molecule has 6 rings (SSSR count). The number of rotatable bonds is 3. The van der Waals surface area contributed by atoms with Gasteiger partial charge in [0.05, 0.1) is 5.69 Å². The summed E-state index contributed by atoms with van der Waals surface area (Å²) in [4.78, 5) is 14.7. The number of benzene rings is 3. The maximum Gasteiger partial charge on any atom is 0.180 e. The molecule has 5 nitrogen and oxygen atoms in total. The minimum absolute atomic E-state index is 0.148. The fourth-order valence-corrected chi connectivity index (χ4v) is 4.78. The molecule has 1 aliphatic rings. The van der Waals surface area contributed by atoms with Crippen LogP contribution in [0.2, 0.25) is 0 Å². The number of aromatic nitrogens is 4. The van der Waals surface area contributed by atoms with Crippen LogP contribution in [0.1, 0.15) is 25.0 Å². The smallest absolute Gasteiger partial charge is 0.180 e. The first kappa shape index (κ1) is 20.4. The monoisotopic (exact) mass is 443 g/mol.